The molecule has 5 heteroatoms. The van der Waals surface area contributed by atoms with Crippen molar-refractivity contribution in [1.29, 1.82) is 0 Å². The number of hydrogen-bond donors (Lipinski definition) is 1. The van der Waals surface area contributed by atoms with Gasteiger partial charge in [-0.1, -0.05) is 66.0 Å². The van der Waals surface area contributed by atoms with Crippen molar-refractivity contribution in [1.82, 2.24) is 0 Å². The van der Waals surface area contributed by atoms with Gasteiger partial charge in [-0.25, -0.2) is 0 Å². The second-order valence-electron chi connectivity index (χ2n) is 5.53. The van der Waals surface area contributed by atoms with Gasteiger partial charge >= 0.3 is 0 Å². The fourth-order valence-corrected chi connectivity index (χ4v) is 4.67. The highest BCUT2D eigenvalue weighted by molar-refractivity contribution is 8.05. The van der Waals surface area contributed by atoms with Crippen molar-refractivity contribution in [2.24, 2.45) is 11.7 Å². The number of primary amides is 1. The average Bonchev–Trinajstić information content (AvgIpc) is 2.67. The van der Waals surface area contributed by atoms with Crippen LogP contribution in [0.25, 0.3) is 0 Å². The Morgan fingerprint density at radius 2 is 1.68 bits per heavy atom. The van der Waals surface area contributed by atoms with Crippen molar-refractivity contribution < 1.29 is 9.59 Å². The van der Waals surface area contributed by atoms with Gasteiger partial charge in [0.05, 0.1) is 5.92 Å². The zero-order chi connectivity index (χ0) is 17.6. The fourth-order valence-electron chi connectivity index (χ4n) is 2.41. The molecular formula is C20H17NO2S2. The topological polar surface area (TPSA) is 60.2 Å². The van der Waals surface area contributed by atoms with Crippen LogP contribution in [0.2, 0.25) is 0 Å². The third-order valence-electron chi connectivity index (χ3n) is 3.74. The van der Waals surface area contributed by atoms with E-state index in [-0.39, 0.29) is 11.8 Å². The van der Waals surface area contributed by atoms with E-state index in [0.29, 0.717) is 0 Å². The van der Waals surface area contributed by atoms with Crippen molar-refractivity contribution >= 4 is 35.7 Å². The number of nitrogens with two attached hydrogens (primary N) is 1. The number of hydrogen-bond acceptors (Lipinski definition) is 4. The van der Waals surface area contributed by atoms with E-state index in [0.717, 1.165) is 18.3 Å². The van der Waals surface area contributed by atoms with Gasteiger partial charge in [0.25, 0.3) is 0 Å². The molecule has 4 rings (SSSR count). The third-order valence-corrected chi connectivity index (χ3v) is 6.28. The molecule has 2 N–H and O–H groups in total. The standard InChI is InChI=1S/C13H8OS2.C7H9NO/c14-8-9-5-6-12-13(7-9)16-11-4-2-1-3-10(11)15-12;8-7(9)6-4-2-1-3-5-6/h1-8H;1-4,6H,5H2,(H2,8,9). The lowest BCUT2D eigenvalue weighted by atomic mass is 10.0. The van der Waals surface area contributed by atoms with Crippen LogP contribution >= 0.6 is 23.5 Å². The minimum Gasteiger partial charge on any atom is -0.369 e. The molecular weight excluding hydrogens is 350 g/mol. The van der Waals surface area contributed by atoms with E-state index < -0.39 is 0 Å². The van der Waals surface area contributed by atoms with Crippen LogP contribution in [0, 0.1) is 5.92 Å². The van der Waals surface area contributed by atoms with Crippen LogP contribution in [0.15, 0.2) is 86.4 Å². The first-order valence-electron chi connectivity index (χ1n) is 7.84. The molecule has 1 amide bonds. The number of carbonyl (C=O) groups is 2. The number of fused-ring (bicyclic) bond motifs is 2. The first-order valence-corrected chi connectivity index (χ1v) is 9.47. The molecule has 0 saturated heterocycles. The molecule has 0 aromatic heterocycles. The van der Waals surface area contributed by atoms with Crippen molar-refractivity contribution in [3.8, 4) is 0 Å². The highest BCUT2D eigenvalue weighted by Gasteiger charge is 2.16. The van der Waals surface area contributed by atoms with Crippen LogP contribution in [0.1, 0.15) is 16.8 Å². The SMILES string of the molecule is NC(=O)C1C=CC=CC1.O=Cc1ccc2c(c1)Sc1ccccc1S2. The first-order chi connectivity index (χ1) is 12.2. The molecule has 0 bridgehead atoms. The number of allylic oxidation sites excluding steroid dienone is 3. The van der Waals surface area contributed by atoms with Gasteiger partial charge in [0.2, 0.25) is 5.91 Å². The van der Waals surface area contributed by atoms with E-state index in [4.69, 9.17) is 5.73 Å². The summed E-state index contributed by atoms with van der Waals surface area (Å²) < 4.78 is 0. The number of benzene rings is 2. The van der Waals surface area contributed by atoms with Crippen LogP contribution < -0.4 is 5.73 Å². The van der Waals surface area contributed by atoms with Crippen LogP contribution in [0.3, 0.4) is 0 Å². The van der Waals surface area contributed by atoms with Crippen molar-refractivity contribution in [3.63, 3.8) is 0 Å². The molecule has 0 spiro atoms. The molecule has 2 aromatic carbocycles. The quantitative estimate of drug-likeness (QED) is 0.666. The van der Waals surface area contributed by atoms with Gasteiger partial charge < -0.3 is 5.73 Å². The fraction of sp³-hybridized carbons (Fsp3) is 0.100. The lowest BCUT2D eigenvalue weighted by Crippen LogP contribution is -2.21. The average molecular weight is 367 g/mol. The van der Waals surface area contributed by atoms with Gasteiger partial charge in [0, 0.05) is 25.1 Å². The summed E-state index contributed by atoms with van der Waals surface area (Å²) in [5, 5.41) is 0. The maximum absolute atomic E-state index is 10.7. The van der Waals surface area contributed by atoms with Gasteiger partial charge in [-0.3, -0.25) is 9.59 Å². The Balaban J connectivity index is 0.000000173. The smallest absolute Gasteiger partial charge is 0.224 e. The molecule has 0 saturated carbocycles. The van der Waals surface area contributed by atoms with Gasteiger partial charge in [0.1, 0.15) is 6.29 Å². The molecule has 3 nitrogen and oxygen atoms in total. The Bertz CT molecular complexity index is 859. The molecule has 1 aliphatic heterocycles. The van der Waals surface area contributed by atoms with Crippen molar-refractivity contribution in [2.75, 3.05) is 0 Å². The maximum atomic E-state index is 10.7. The van der Waals surface area contributed by atoms with E-state index in [2.05, 4.69) is 18.2 Å². The molecule has 0 fully saturated rings. The maximum Gasteiger partial charge on any atom is 0.224 e. The molecule has 1 atom stereocenters. The largest absolute Gasteiger partial charge is 0.369 e. The van der Waals surface area contributed by atoms with Gasteiger partial charge in [0.15, 0.2) is 0 Å². The van der Waals surface area contributed by atoms with E-state index in [9.17, 15) is 9.59 Å². The normalized spacial score (nSPS) is 16.9. The number of carbonyl (C=O) groups excluding carboxylic acids is 2. The first kappa shape index (κ1) is 17.6. The summed E-state index contributed by atoms with van der Waals surface area (Å²) >= 11 is 3.50. The molecule has 25 heavy (non-hydrogen) atoms. The minimum absolute atomic E-state index is 0.0741. The summed E-state index contributed by atoms with van der Waals surface area (Å²) in [7, 11) is 0. The Labute approximate surface area is 155 Å². The van der Waals surface area contributed by atoms with Crippen LogP contribution in [0.4, 0.5) is 0 Å². The Kier molecular flexibility index (Phi) is 5.79. The highest BCUT2D eigenvalue weighted by atomic mass is 32.2. The van der Waals surface area contributed by atoms with E-state index >= 15 is 0 Å². The molecule has 2 aliphatic rings. The molecule has 0 radical (unpaired) electrons. The molecule has 1 aliphatic carbocycles. The van der Waals surface area contributed by atoms with Crippen LogP contribution in [-0.2, 0) is 4.79 Å². The van der Waals surface area contributed by atoms with Crippen LogP contribution in [-0.4, -0.2) is 12.2 Å². The lowest BCUT2D eigenvalue weighted by Gasteiger charge is -2.17. The van der Waals surface area contributed by atoms with E-state index in [1.165, 1.54) is 19.6 Å². The monoisotopic (exact) mass is 367 g/mol. The number of amides is 1. The van der Waals surface area contributed by atoms with Gasteiger partial charge in [-0.05, 0) is 30.7 Å². The third kappa shape index (κ3) is 4.44. The van der Waals surface area contributed by atoms with Gasteiger partial charge in [-0.15, -0.1) is 0 Å². The highest BCUT2D eigenvalue weighted by Crippen LogP contribution is 2.48. The summed E-state index contributed by atoms with van der Waals surface area (Å²) in [5.41, 5.74) is 5.78. The summed E-state index contributed by atoms with van der Waals surface area (Å²) in [6.07, 6.45) is 9.17. The second kappa shape index (κ2) is 8.23. The summed E-state index contributed by atoms with van der Waals surface area (Å²) in [5.74, 6) is -0.314. The Hall–Kier alpha value is -2.24. The summed E-state index contributed by atoms with van der Waals surface area (Å²) in [6, 6.07) is 14.2. The molecule has 2 aromatic rings. The predicted molar refractivity (Wildman–Crippen MR) is 102 cm³/mol. The minimum atomic E-state index is -0.240. The van der Waals surface area contributed by atoms with Crippen molar-refractivity contribution in [3.05, 3.63) is 72.3 Å². The summed E-state index contributed by atoms with van der Waals surface area (Å²) in [6.45, 7) is 0. The Morgan fingerprint density at radius 3 is 2.24 bits per heavy atom. The molecule has 1 heterocycles. The number of aldehydes is 1. The molecule has 126 valence electrons. The van der Waals surface area contributed by atoms with E-state index in [1.807, 2.05) is 48.6 Å². The van der Waals surface area contributed by atoms with Crippen molar-refractivity contribution in [2.45, 2.75) is 26.0 Å². The Morgan fingerprint density at radius 1 is 1.00 bits per heavy atom. The lowest BCUT2D eigenvalue weighted by molar-refractivity contribution is -0.120. The van der Waals surface area contributed by atoms with E-state index in [1.54, 1.807) is 23.5 Å². The molecule has 1 unspecified atom stereocenters. The second-order valence-corrected chi connectivity index (χ2v) is 7.70. The zero-order valence-electron chi connectivity index (χ0n) is 13.4. The zero-order valence-corrected chi connectivity index (χ0v) is 15.1. The predicted octanol–water partition coefficient (Wildman–Crippen LogP) is 4.72. The summed E-state index contributed by atoms with van der Waals surface area (Å²) in [4.78, 5) is 26.2. The number of rotatable bonds is 2. The van der Waals surface area contributed by atoms with Gasteiger partial charge in [-0.2, -0.15) is 0 Å². The van der Waals surface area contributed by atoms with Crippen LogP contribution in [0.5, 0.6) is 0 Å².